The van der Waals surface area contributed by atoms with E-state index in [1.807, 2.05) is 0 Å². The van der Waals surface area contributed by atoms with Gasteiger partial charge in [-0.1, -0.05) is 31.4 Å². The minimum absolute atomic E-state index is 0.205. The van der Waals surface area contributed by atoms with Gasteiger partial charge in [0.2, 0.25) is 0 Å². The van der Waals surface area contributed by atoms with Crippen LogP contribution in [0, 0.1) is 6.92 Å². The Morgan fingerprint density at radius 3 is 2.47 bits per heavy atom. The van der Waals surface area contributed by atoms with Crippen molar-refractivity contribution in [3.8, 4) is 5.75 Å². The van der Waals surface area contributed by atoms with Gasteiger partial charge in [-0.05, 0) is 37.0 Å². The largest absolute Gasteiger partial charge is 0.496 e. The number of benzene rings is 1. The summed E-state index contributed by atoms with van der Waals surface area (Å²) in [7, 11) is 1.72. The van der Waals surface area contributed by atoms with Crippen LogP contribution in [-0.4, -0.2) is 13.0 Å². The van der Waals surface area contributed by atoms with Crippen LogP contribution in [0.1, 0.15) is 43.2 Å². The molecular formula is C15H21ClO. The van der Waals surface area contributed by atoms with Gasteiger partial charge in [0, 0.05) is 11.3 Å². The lowest BCUT2D eigenvalue weighted by Crippen LogP contribution is -2.31. The normalized spacial score (nSPS) is 19.0. The number of hydrogen-bond donors (Lipinski definition) is 0. The second-order valence-electron chi connectivity index (χ2n) is 5.16. The molecule has 1 nitrogen and oxygen atoms in total. The zero-order valence-corrected chi connectivity index (χ0v) is 11.5. The second-order valence-corrected chi connectivity index (χ2v) is 5.43. The molecule has 17 heavy (non-hydrogen) atoms. The molecule has 94 valence electrons. The van der Waals surface area contributed by atoms with Crippen molar-refractivity contribution in [1.29, 1.82) is 0 Å². The van der Waals surface area contributed by atoms with Gasteiger partial charge in [-0.2, -0.15) is 0 Å². The van der Waals surface area contributed by atoms with Crippen molar-refractivity contribution in [3.63, 3.8) is 0 Å². The van der Waals surface area contributed by atoms with Crippen molar-refractivity contribution in [2.75, 3.05) is 13.0 Å². The molecule has 2 heteroatoms. The Labute approximate surface area is 109 Å². The van der Waals surface area contributed by atoms with Crippen LogP contribution in [0.15, 0.2) is 18.2 Å². The number of methoxy groups -OCH3 is 1. The zero-order valence-electron chi connectivity index (χ0n) is 10.8. The third-order valence-corrected chi connectivity index (χ3v) is 4.59. The fourth-order valence-corrected chi connectivity index (χ4v) is 3.36. The summed E-state index contributed by atoms with van der Waals surface area (Å²) in [6.45, 7) is 2.10. The highest BCUT2D eigenvalue weighted by Gasteiger charge is 2.33. The van der Waals surface area contributed by atoms with Crippen LogP contribution in [0.25, 0.3) is 0 Å². The van der Waals surface area contributed by atoms with Gasteiger partial charge < -0.3 is 4.74 Å². The molecule has 0 aliphatic heterocycles. The quantitative estimate of drug-likeness (QED) is 0.723. The molecule has 1 aromatic carbocycles. The molecule has 0 spiro atoms. The van der Waals surface area contributed by atoms with E-state index in [2.05, 4.69) is 25.1 Å². The lowest BCUT2D eigenvalue weighted by atomic mass is 9.70. The van der Waals surface area contributed by atoms with Gasteiger partial charge in [-0.25, -0.2) is 0 Å². The Bertz CT molecular complexity index is 381. The standard InChI is InChI=1S/C15H21ClO/c1-12-10-13(6-7-14(12)17-2)15(11-16)8-4-3-5-9-15/h6-7,10H,3-5,8-9,11H2,1-2H3. The van der Waals surface area contributed by atoms with Crippen LogP contribution in [0.5, 0.6) is 5.75 Å². The molecule has 1 aliphatic rings. The van der Waals surface area contributed by atoms with Crippen LogP contribution >= 0.6 is 11.6 Å². The molecule has 0 saturated heterocycles. The van der Waals surface area contributed by atoms with Gasteiger partial charge in [0.1, 0.15) is 5.75 Å². The van der Waals surface area contributed by atoms with E-state index in [0.717, 1.165) is 11.6 Å². The van der Waals surface area contributed by atoms with Gasteiger partial charge in [0.25, 0.3) is 0 Å². The highest BCUT2D eigenvalue weighted by molar-refractivity contribution is 6.18. The molecule has 0 aromatic heterocycles. The maximum Gasteiger partial charge on any atom is 0.121 e. The van der Waals surface area contributed by atoms with E-state index in [1.54, 1.807) is 7.11 Å². The van der Waals surface area contributed by atoms with E-state index in [0.29, 0.717) is 0 Å². The molecule has 0 radical (unpaired) electrons. The van der Waals surface area contributed by atoms with Crippen molar-refractivity contribution in [2.24, 2.45) is 0 Å². The van der Waals surface area contributed by atoms with Gasteiger partial charge >= 0.3 is 0 Å². The van der Waals surface area contributed by atoms with Crippen LogP contribution in [0.4, 0.5) is 0 Å². The third kappa shape index (κ3) is 2.44. The van der Waals surface area contributed by atoms with Crippen molar-refractivity contribution in [3.05, 3.63) is 29.3 Å². The van der Waals surface area contributed by atoms with E-state index < -0.39 is 0 Å². The first-order valence-electron chi connectivity index (χ1n) is 6.43. The molecule has 1 aromatic rings. The summed E-state index contributed by atoms with van der Waals surface area (Å²) in [6.07, 6.45) is 6.41. The van der Waals surface area contributed by atoms with Crippen LogP contribution in [0.3, 0.4) is 0 Å². The van der Waals surface area contributed by atoms with Crippen molar-refractivity contribution >= 4 is 11.6 Å². The Morgan fingerprint density at radius 1 is 1.24 bits per heavy atom. The van der Waals surface area contributed by atoms with Crippen LogP contribution in [0.2, 0.25) is 0 Å². The average Bonchev–Trinajstić information content (AvgIpc) is 2.39. The smallest absolute Gasteiger partial charge is 0.121 e. The maximum atomic E-state index is 6.27. The Kier molecular flexibility index (Phi) is 3.98. The number of alkyl halides is 1. The molecule has 0 heterocycles. The molecule has 0 unspecified atom stereocenters. The van der Waals surface area contributed by atoms with Crippen LogP contribution in [-0.2, 0) is 5.41 Å². The highest BCUT2D eigenvalue weighted by atomic mass is 35.5. The van der Waals surface area contributed by atoms with Gasteiger partial charge in [-0.3, -0.25) is 0 Å². The molecular weight excluding hydrogens is 232 g/mol. The minimum Gasteiger partial charge on any atom is -0.496 e. The number of ether oxygens (including phenoxy) is 1. The number of rotatable bonds is 3. The van der Waals surface area contributed by atoms with Crippen LogP contribution < -0.4 is 4.74 Å². The number of halogens is 1. The summed E-state index contributed by atoms with van der Waals surface area (Å²) in [4.78, 5) is 0. The predicted octanol–water partition coefficient (Wildman–Crippen LogP) is 4.44. The lowest BCUT2D eigenvalue weighted by Gasteiger charge is -2.36. The Balaban J connectivity index is 2.33. The maximum absolute atomic E-state index is 6.27. The summed E-state index contributed by atoms with van der Waals surface area (Å²) in [6, 6.07) is 6.53. The first-order chi connectivity index (χ1) is 8.22. The Morgan fingerprint density at radius 2 is 1.94 bits per heavy atom. The van der Waals surface area contributed by atoms with Gasteiger partial charge in [-0.15, -0.1) is 11.6 Å². The van der Waals surface area contributed by atoms with E-state index in [-0.39, 0.29) is 5.41 Å². The summed E-state index contributed by atoms with van der Waals surface area (Å²) in [5, 5.41) is 0. The third-order valence-electron chi connectivity index (χ3n) is 4.07. The SMILES string of the molecule is COc1ccc(C2(CCl)CCCCC2)cc1C. The van der Waals surface area contributed by atoms with Gasteiger partial charge in [0.05, 0.1) is 7.11 Å². The number of hydrogen-bond acceptors (Lipinski definition) is 1. The fourth-order valence-electron chi connectivity index (χ4n) is 2.94. The average molecular weight is 253 g/mol. The molecule has 1 fully saturated rings. The first kappa shape index (κ1) is 12.8. The molecule has 0 atom stereocenters. The van der Waals surface area contributed by atoms with E-state index in [1.165, 1.54) is 43.2 Å². The Hall–Kier alpha value is -0.690. The fraction of sp³-hybridized carbons (Fsp3) is 0.600. The second kappa shape index (κ2) is 5.30. The zero-order chi connectivity index (χ0) is 12.3. The summed E-state index contributed by atoms with van der Waals surface area (Å²) in [5.74, 6) is 1.70. The molecule has 0 amide bonds. The summed E-state index contributed by atoms with van der Waals surface area (Å²) in [5.41, 5.74) is 2.81. The van der Waals surface area contributed by atoms with Crippen molar-refractivity contribution in [1.82, 2.24) is 0 Å². The molecule has 1 saturated carbocycles. The van der Waals surface area contributed by atoms with E-state index in [9.17, 15) is 0 Å². The molecule has 1 aliphatic carbocycles. The van der Waals surface area contributed by atoms with Crippen molar-refractivity contribution in [2.45, 2.75) is 44.4 Å². The summed E-state index contributed by atoms with van der Waals surface area (Å²) < 4.78 is 5.32. The van der Waals surface area contributed by atoms with Gasteiger partial charge in [0.15, 0.2) is 0 Å². The van der Waals surface area contributed by atoms with E-state index in [4.69, 9.17) is 16.3 Å². The van der Waals surface area contributed by atoms with E-state index >= 15 is 0 Å². The topological polar surface area (TPSA) is 9.23 Å². The molecule has 0 bridgehead atoms. The first-order valence-corrected chi connectivity index (χ1v) is 6.96. The summed E-state index contributed by atoms with van der Waals surface area (Å²) >= 11 is 6.27. The highest BCUT2D eigenvalue weighted by Crippen LogP contribution is 2.41. The van der Waals surface area contributed by atoms with Crippen molar-refractivity contribution < 1.29 is 4.74 Å². The monoisotopic (exact) mass is 252 g/mol. The molecule has 0 N–H and O–H groups in total. The molecule has 2 rings (SSSR count). The predicted molar refractivity (Wildman–Crippen MR) is 73.2 cm³/mol. The number of aryl methyl sites for hydroxylation is 1. The lowest BCUT2D eigenvalue weighted by molar-refractivity contribution is 0.323. The minimum atomic E-state index is 0.205.